The van der Waals surface area contributed by atoms with E-state index in [-0.39, 0.29) is 11.9 Å². The Morgan fingerprint density at radius 2 is 2.38 bits per heavy atom. The summed E-state index contributed by atoms with van der Waals surface area (Å²) in [6.45, 7) is 0.306. The molecule has 0 aromatic rings. The van der Waals surface area contributed by atoms with E-state index in [0.717, 1.165) is 5.57 Å². The fraction of sp³-hybridized carbons (Fsp3) is 0.286. The summed E-state index contributed by atoms with van der Waals surface area (Å²) >= 11 is 0. The van der Waals surface area contributed by atoms with Gasteiger partial charge in [-0.25, -0.2) is 4.99 Å². The highest BCUT2D eigenvalue weighted by Crippen LogP contribution is 2.21. The lowest BCUT2D eigenvalue weighted by Gasteiger charge is -2.18. The molecule has 0 radical (unpaired) electrons. The molecule has 13 heavy (non-hydrogen) atoms. The SMILES string of the molecule is NCC1=CN=C2N=C(N)NC(=O)C12. The van der Waals surface area contributed by atoms with E-state index in [2.05, 4.69) is 15.3 Å². The van der Waals surface area contributed by atoms with Gasteiger partial charge in [-0.1, -0.05) is 0 Å². The number of aliphatic imine (C=N–C) groups is 2. The van der Waals surface area contributed by atoms with E-state index in [1.54, 1.807) is 6.20 Å². The van der Waals surface area contributed by atoms with Gasteiger partial charge in [-0.3, -0.25) is 10.1 Å². The van der Waals surface area contributed by atoms with E-state index in [9.17, 15) is 4.79 Å². The molecule has 0 saturated carbocycles. The van der Waals surface area contributed by atoms with Crippen LogP contribution in [0, 0.1) is 5.92 Å². The number of nitrogens with two attached hydrogens (primary N) is 2. The first-order chi connectivity index (χ1) is 6.22. The normalized spacial score (nSPS) is 25.8. The van der Waals surface area contributed by atoms with Crippen LogP contribution in [-0.4, -0.2) is 24.2 Å². The molecular formula is C7H9N5O. The Bertz CT molecular complexity index is 354. The minimum Gasteiger partial charge on any atom is -0.369 e. The van der Waals surface area contributed by atoms with Crippen LogP contribution in [0.4, 0.5) is 0 Å². The van der Waals surface area contributed by atoms with Gasteiger partial charge in [0.05, 0.1) is 0 Å². The molecular weight excluding hydrogens is 170 g/mol. The smallest absolute Gasteiger partial charge is 0.241 e. The maximum Gasteiger partial charge on any atom is 0.241 e. The van der Waals surface area contributed by atoms with E-state index < -0.39 is 5.92 Å². The lowest BCUT2D eigenvalue weighted by molar-refractivity contribution is -0.120. The number of hydrogen-bond donors (Lipinski definition) is 3. The van der Waals surface area contributed by atoms with Crippen molar-refractivity contribution >= 4 is 17.7 Å². The van der Waals surface area contributed by atoms with Crippen LogP contribution in [0.15, 0.2) is 21.8 Å². The van der Waals surface area contributed by atoms with Crippen LogP contribution < -0.4 is 16.8 Å². The second-order valence-corrected chi connectivity index (χ2v) is 2.81. The molecule has 0 bridgehead atoms. The summed E-state index contributed by atoms with van der Waals surface area (Å²) in [7, 11) is 0. The van der Waals surface area contributed by atoms with Gasteiger partial charge in [-0.05, 0) is 5.57 Å². The second kappa shape index (κ2) is 2.67. The number of amides is 1. The van der Waals surface area contributed by atoms with Gasteiger partial charge in [0.25, 0.3) is 0 Å². The molecule has 2 rings (SSSR count). The molecule has 0 aromatic carbocycles. The van der Waals surface area contributed by atoms with Gasteiger partial charge in [0.1, 0.15) is 11.8 Å². The van der Waals surface area contributed by atoms with E-state index >= 15 is 0 Å². The molecule has 1 amide bonds. The summed E-state index contributed by atoms with van der Waals surface area (Å²) in [6.07, 6.45) is 1.57. The molecule has 0 saturated heterocycles. The molecule has 0 aromatic heterocycles. The molecule has 5 N–H and O–H groups in total. The number of nitrogens with zero attached hydrogens (tertiary/aromatic N) is 2. The molecule has 6 heteroatoms. The van der Waals surface area contributed by atoms with Crippen molar-refractivity contribution in [1.29, 1.82) is 0 Å². The highest BCUT2D eigenvalue weighted by atomic mass is 16.2. The molecule has 2 heterocycles. The number of hydrogen-bond acceptors (Lipinski definition) is 5. The Morgan fingerprint density at radius 3 is 3.08 bits per heavy atom. The fourth-order valence-electron chi connectivity index (χ4n) is 1.36. The van der Waals surface area contributed by atoms with E-state index in [1.165, 1.54) is 0 Å². The maximum atomic E-state index is 11.4. The average molecular weight is 179 g/mol. The van der Waals surface area contributed by atoms with Gasteiger partial charge < -0.3 is 11.5 Å². The average Bonchev–Trinajstić information content (AvgIpc) is 2.47. The highest BCUT2D eigenvalue weighted by molar-refractivity contribution is 6.19. The molecule has 6 nitrogen and oxygen atoms in total. The molecule has 1 unspecified atom stereocenters. The number of carbonyl (C=O) groups is 1. The van der Waals surface area contributed by atoms with Crippen LogP contribution in [0.2, 0.25) is 0 Å². The van der Waals surface area contributed by atoms with Crippen molar-refractivity contribution in [3.8, 4) is 0 Å². The Morgan fingerprint density at radius 1 is 1.62 bits per heavy atom. The third-order valence-electron chi connectivity index (χ3n) is 1.98. The predicted molar refractivity (Wildman–Crippen MR) is 47.8 cm³/mol. The van der Waals surface area contributed by atoms with Gasteiger partial charge in [0.15, 0.2) is 0 Å². The zero-order valence-corrected chi connectivity index (χ0v) is 6.82. The third-order valence-corrected chi connectivity index (χ3v) is 1.98. The van der Waals surface area contributed by atoms with Crippen LogP contribution in [0.5, 0.6) is 0 Å². The second-order valence-electron chi connectivity index (χ2n) is 2.81. The molecule has 68 valence electrons. The van der Waals surface area contributed by atoms with E-state index in [0.29, 0.717) is 12.4 Å². The van der Waals surface area contributed by atoms with Gasteiger partial charge in [0.2, 0.25) is 11.9 Å². The number of carbonyl (C=O) groups excluding carboxylic acids is 1. The monoisotopic (exact) mass is 179 g/mol. The van der Waals surface area contributed by atoms with Crippen molar-refractivity contribution in [2.45, 2.75) is 0 Å². The van der Waals surface area contributed by atoms with Crippen LogP contribution in [-0.2, 0) is 4.79 Å². The standard InChI is InChI=1S/C7H9N5O/c8-1-3-2-10-5-4(3)6(13)12-7(9)11-5/h2,4H,1,8H2,(H3,9,10,11,12,13). The van der Waals surface area contributed by atoms with Gasteiger partial charge in [0, 0.05) is 12.7 Å². The zero-order valence-electron chi connectivity index (χ0n) is 6.82. The topological polar surface area (TPSA) is 106 Å². The van der Waals surface area contributed by atoms with Crippen LogP contribution in [0.25, 0.3) is 0 Å². The lowest BCUT2D eigenvalue weighted by atomic mass is 9.99. The zero-order chi connectivity index (χ0) is 9.42. The Labute approximate surface area is 74.4 Å². The Balaban J connectivity index is 2.36. The third kappa shape index (κ3) is 1.11. The first kappa shape index (κ1) is 7.93. The van der Waals surface area contributed by atoms with E-state index in [4.69, 9.17) is 11.5 Å². The van der Waals surface area contributed by atoms with Crippen molar-refractivity contribution in [3.05, 3.63) is 11.8 Å². The minimum absolute atomic E-state index is 0.0895. The first-order valence-corrected chi connectivity index (χ1v) is 3.84. The summed E-state index contributed by atoms with van der Waals surface area (Å²) in [6, 6.07) is 0. The van der Waals surface area contributed by atoms with Crippen LogP contribution >= 0.6 is 0 Å². The summed E-state index contributed by atoms with van der Waals surface area (Å²) in [5, 5.41) is 2.43. The van der Waals surface area contributed by atoms with Crippen LogP contribution in [0.1, 0.15) is 0 Å². The Kier molecular flexibility index (Phi) is 1.63. The number of nitrogens with one attached hydrogen (secondary N) is 1. The quantitative estimate of drug-likeness (QED) is 0.446. The van der Waals surface area contributed by atoms with Gasteiger partial charge in [-0.2, -0.15) is 4.99 Å². The molecule has 1 atom stereocenters. The van der Waals surface area contributed by atoms with Crippen molar-refractivity contribution in [2.75, 3.05) is 6.54 Å². The number of guanidine groups is 1. The molecule has 0 spiro atoms. The molecule has 0 fully saturated rings. The number of amidine groups is 1. The first-order valence-electron chi connectivity index (χ1n) is 3.84. The minimum atomic E-state index is -0.433. The number of fused-ring (bicyclic) bond motifs is 1. The largest absolute Gasteiger partial charge is 0.369 e. The molecule has 2 aliphatic rings. The predicted octanol–water partition coefficient (Wildman–Crippen LogP) is -1.70. The highest BCUT2D eigenvalue weighted by Gasteiger charge is 2.34. The van der Waals surface area contributed by atoms with Crippen molar-refractivity contribution < 1.29 is 4.79 Å². The van der Waals surface area contributed by atoms with Crippen molar-refractivity contribution in [2.24, 2.45) is 27.4 Å². The van der Waals surface area contributed by atoms with E-state index in [1.807, 2.05) is 0 Å². The Hall–Kier alpha value is -1.69. The number of rotatable bonds is 1. The van der Waals surface area contributed by atoms with Crippen molar-refractivity contribution in [1.82, 2.24) is 5.32 Å². The summed E-state index contributed by atoms with van der Waals surface area (Å²) in [4.78, 5) is 19.3. The molecule has 2 aliphatic heterocycles. The fourth-order valence-corrected chi connectivity index (χ4v) is 1.36. The van der Waals surface area contributed by atoms with Gasteiger partial charge >= 0.3 is 0 Å². The lowest BCUT2D eigenvalue weighted by Crippen LogP contribution is -2.47. The summed E-state index contributed by atoms with van der Waals surface area (Å²) in [5.74, 6) is -0.119. The van der Waals surface area contributed by atoms with Crippen LogP contribution in [0.3, 0.4) is 0 Å². The maximum absolute atomic E-state index is 11.4. The summed E-state index contributed by atoms with van der Waals surface area (Å²) < 4.78 is 0. The summed E-state index contributed by atoms with van der Waals surface area (Å²) in [5.41, 5.74) is 11.6. The van der Waals surface area contributed by atoms with Crippen molar-refractivity contribution in [3.63, 3.8) is 0 Å². The van der Waals surface area contributed by atoms with Gasteiger partial charge in [-0.15, -0.1) is 0 Å². The molecule has 0 aliphatic carbocycles.